The molecule has 1 fully saturated rings. The number of rotatable bonds is 2. The summed E-state index contributed by atoms with van der Waals surface area (Å²) in [6.07, 6.45) is 0. The van der Waals surface area contributed by atoms with Gasteiger partial charge in [-0.15, -0.1) is 5.92 Å². The first-order chi connectivity index (χ1) is 9.02. The minimum atomic E-state index is -3.63. The molecule has 5 nitrogen and oxygen atoms in total. The second-order valence-electron chi connectivity index (χ2n) is 4.35. The highest BCUT2D eigenvalue weighted by molar-refractivity contribution is 7.89. The average Bonchev–Trinajstić information content (AvgIpc) is 2.39. The molecule has 19 heavy (non-hydrogen) atoms. The van der Waals surface area contributed by atoms with Crippen LogP contribution < -0.4 is 15.4 Å². The van der Waals surface area contributed by atoms with E-state index in [-0.39, 0.29) is 10.9 Å². The summed E-state index contributed by atoms with van der Waals surface area (Å²) in [5.74, 6) is 6.07. The first-order valence-electron chi connectivity index (χ1n) is 6.05. The quantitative estimate of drug-likeness (QED) is 0.755. The predicted molar refractivity (Wildman–Crippen MR) is 75.3 cm³/mol. The molecule has 0 amide bonds. The van der Waals surface area contributed by atoms with Crippen LogP contribution in [0.4, 0.5) is 5.69 Å². The van der Waals surface area contributed by atoms with Gasteiger partial charge in [0.05, 0.1) is 4.90 Å². The third-order valence-corrected chi connectivity index (χ3v) is 3.98. The Bertz CT molecular complexity index is 599. The van der Waals surface area contributed by atoms with Crippen molar-refractivity contribution in [2.45, 2.75) is 17.9 Å². The molecule has 1 saturated heterocycles. The highest BCUT2D eigenvalue weighted by Gasteiger charge is 2.20. The zero-order valence-electron chi connectivity index (χ0n) is 10.8. The molecule has 0 spiro atoms. The van der Waals surface area contributed by atoms with Gasteiger partial charge in [-0.2, -0.15) is 0 Å². The lowest BCUT2D eigenvalue weighted by atomic mass is 10.1. The Balaban J connectivity index is 2.27. The van der Waals surface area contributed by atoms with Gasteiger partial charge in [0, 0.05) is 25.3 Å². The maximum Gasteiger partial charge on any atom is 0.238 e. The number of nitrogens with one attached hydrogen (secondary N) is 1. The Morgan fingerprint density at radius 1 is 1.37 bits per heavy atom. The van der Waals surface area contributed by atoms with E-state index in [0.717, 1.165) is 25.3 Å². The van der Waals surface area contributed by atoms with Crippen molar-refractivity contribution in [3.8, 4) is 11.8 Å². The predicted octanol–water partition coefficient (Wildman–Crippen LogP) is 0.136. The molecule has 1 aliphatic heterocycles. The van der Waals surface area contributed by atoms with Gasteiger partial charge in [0.15, 0.2) is 0 Å². The van der Waals surface area contributed by atoms with E-state index in [2.05, 4.69) is 22.1 Å². The lowest BCUT2D eigenvalue weighted by Crippen LogP contribution is -2.50. The SMILES string of the molecule is CC#CC1CNCCN1c1ccc(S(N)(=O)=O)cc1. The van der Waals surface area contributed by atoms with Crippen LogP contribution in [0.5, 0.6) is 0 Å². The van der Waals surface area contributed by atoms with Crippen molar-refractivity contribution in [3.63, 3.8) is 0 Å². The molecule has 1 atom stereocenters. The maximum absolute atomic E-state index is 11.2. The number of anilines is 1. The van der Waals surface area contributed by atoms with Gasteiger partial charge in [-0.3, -0.25) is 0 Å². The number of hydrogen-bond donors (Lipinski definition) is 2. The summed E-state index contributed by atoms with van der Waals surface area (Å²) in [6.45, 7) is 4.35. The van der Waals surface area contributed by atoms with E-state index in [1.54, 1.807) is 12.1 Å². The molecule has 1 aliphatic rings. The smallest absolute Gasteiger partial charge is 0.238 e. The van der Waals surface area contributed by atoms with Gasteiger partial charge in [0.2, 0.25) is 10.0 Å². The summed E-state index contributed by atoms with van der Waals surface area (Å²) in [5, 5.41) is 8.38. The van der Waals surface area contributed by atoms with E-state index in [9.17, 15) is 8.42 Å². The van der Waals surface area contributed by atoms with Crippen LogP contribution in [0.2, 0.25) is 0 Å². The standard InChI is InChI=1S/C13H17N3O2S/c1-2-3-12-10-15-8-9-16(12)11-4-6-13(7-5-11)19(14,17)18/h4-7,12,15H,8-10H2,1H3,(H2,14,17,18). The van der Waals surface area contributed by atoms with E-state index in [0.29, 0.717) is 0 Å². The molecule has 0 aromatic heterocycles. The van der Waals surface area contributed by atoms with Crippen molar-refractivity contribution in [2.24, 2.45) is 5.14 Å². The fourth-order valence-electron chi connectivity index (χ4n) is 2.14. The van der Waals surface area contributed by atoms with E-state index in [1.807, 2.05) is 6.92 Å². The Labute approximate surface area is 113 Å². The van der Waals surface area contributed by atoms with Crippen LogP contribution in [0.3, 0.4) is 0 Å². The summed E-state index contributed by atoms with van der Waals surface area (Å²) in [5.41, 5.74) is 0.960. The third-order valence-electron chi connectivity index (χ3n) is 3.05. The Morgan fingerprint density at radius 3 is 2.63 bits per heavy atom. The Morgan fingerprint density at radius 2 is 2.05 bits per heavy atom. The lowest BCUT2D eigenvalue weighted by molar-refractivity contribution is 0.538. The van der Waals surface area contributed by atoms with Gasteiger partial charge in [-0.05, 0) is 31.2 Å². The Hall–Kier alpha value is -1.55. The summed E-state index contributed by atoms with van der Waals surface area (Å²) in [7, 11) is -3.63. The largest absolute Gasteiger partial charge is 0.355 e. The van der Waals surface area contributed by atoms with Crippen molar-refractivity contribution in [1.82, 2.24) is 5.32 Å². The summed E-state index contributed by atoms with van der Waals surface area (Å²) >= 11 is 0. The third kappa shape index (κ3) is 3.26. The van der Waals surface area contributed by atoms with Gasteiger partial charge < -0.3 is 10.2 Å². The molecule has 0 radical (unpaired) electrons. The second-order valence-corrected chi connectivity index (χ2v) is 5.91. The van der Waals surface area contributed by atoms with Crippen molar-refractivity contribution in [2.75, 3.05) is 24.5 Å². The molecule has 1 aromatic rings. The van der Waals surface area contributed by atoms with E-state index in [4.69, 9.17) is 5.14 Å². The van der Waals surface area contributed by atoms with Crippen LogP contribution in [-0.2, 0) is 10.0 Å². The second kappa shape index (κ2) is 5.61. The first kappa shape index (κ1) is 13.9. The molecule has 3 N–H and O–H groups in total. The van der Waals surface area contributed by atoms with Crippen LogP contribution in [-0.4, -0.2) is 34.1 Å². The van der Waals surface area contributed by atoms with E-state index >= 15 is 0 Å². The Kier molecular flexibility index (Phi) is 4.10. The maximum atomic E-state index is 11.2. The zero-order valence-corrected chi connectivity index (χ0v) is 11.6. The monoisotopic (exact) mass is 279 g/mol. The van der Waals surface area contributed by atoms with Gasteiger partial charge >= 0.3 is 0 Å². The van der Waals surface area contributed by atoms with Gasteiger partial charge in [0.25, 0.3) is 0 Å². The number of sulfonamides is 1. The average molecular weight is 279 g/mol. The van der Waals surface area contributed by atoms with Crippen LogP contribution in [0.1, 0.15) is 6.92 Å². The molecule has 1 heterocycles. The van der Waals surface area contributed by atoms with Crippen LogP contribution in [0.15, 0.2) is 29.2 Å². The number of hydrogen-bond acceptors (Lipinski definition) is 4. The molecule has 0 saturated carbocycles. The molecule has 102 valence electrons. The molecule has 0 aliphatic carbocycles. The fraction of sp³-hybridized carbons (Fsp3) is 0.385. The van der Waals surface area contributed by atoms with Crippen molar-refractivity contribution in [1.29, 1.82) is 0 Å². The minimum Gasteiger partial charge on any atom is -0.355 e. The topological polar surface area (TPSA) is 75.4 Å². The number of piperazine rings is 1. The summed E-state index contributed by atoms with van der Waals surface area (Å²) < 4.78 is 22.4. The van der Waals surface area contributed by atoms with Crippen LogP contribution in [0.25, 0.3) is 0 Å². The lowest BCUT2D eigenvalue weighted by Gasteiger charge is -2.35. The fourth-order valence-corrected chi connectivity index (χ4v) is 2.65. The van der Waals surface area contributed by atoms with Gasteiger partial charge in [-0.1, -0.05) is 5.92 Å². The molecule has 1 aromatic carbocycles. The van der Waals surface area contributed by atoms with Crippen molar-refractivity contribution < 1.29 is 8.42 Å². The highest BCUT2D eigenvalue weighted by Crippen LogP contribution is 2.20. The first-order valence-corrected chi connectivity index (χ1v) is 7.59. The van der Waals surface area contributed by atoms with Crippen LogP contribution in [0, 0.1) is 11.8 Å². The number of nitrogens with two attached hydrogens (primary N) is 1. The van der Waals surface area contributed by atoms with Crippen molar-refractivity contribution in [3.05, 3.63) is 24.3 Å². The molecule has 6 heteroatoms. The molecule has 2 rings (SSSR count). The molecule has 1 unspecified atom stereocenters. The van der Waals surface area contributed by atoms with Gasteiger partial charge in [-0.25, -0.2) is 13.6 Å². The van der Waals surface area contributed by atoms with E-state index < -0.39 is 10.0 Å². The van der Waals surface area contributed by atoms with Gasteiger partial charge in [0.1, 0.15) is 6.04 Å². The summed E-state index contributed by atoms with van der Waals surface area (Å²) in [6, 6.07) is 6.72. The zero-order chi connectivity index (χ0) is 13.9. The minimum absolute atomic E-state index is 0.110. The summed E-state index contributed by atoms with van der Waals surface area (Å²) in [4.78, 5) is 2.30. The highest BCUT2D eigenvalue weighted by atomic mass is 32.2. The number of nitrogens with zero attached hydrogens (tertiary/aromatic N) is 1. The number of primary sulfonamides is 1. The molecular formula is C13H17N3O2S. The number of benzene rings is 1. The van der Waals surface area contributed by atoms with E-state index in [1.165, 1.54) is 12.1 Å². The van der Waals surface area contributed by atoms with Crippen LogP contribution >= 0.6 is 0 Å². The normalized spacial score (nSPS) is 19.7. The molecule has 0 bridgehead atoms. The van der Waals surface area contributed by atoms with Crippen molar-refractivity contribution >= 4 is 15.7 Å². The molecular weight excluding hydrogens is 262 g/mol.